The Labute approximate surface area is 96.2 Å². The van der Waals surface area contributed by atoms with E-state index in [1.54, 1.807) is 0 Å². The second-order valence-electron chi connectivity index (χ2n) is 3.99. The standard InChI is InChI=1S/C13H16N2O/c1-2-12-10-16-7-6-15(12)13-5-3-4-11(8-13)9-14/h3-5,8,12H,2,6-7,10H2,1H3. The molecule has 1 fully saturated rings. The van der Waals surface area contributed by atoms with Gasteiger partial charge in [0.2, 0.25) is 0 Å². The fourth-order valence-electron chi connectivity index (χ4n) is 2.09. The molecule has 3 heteroatoms. The summed E-state index contributed by atoms with van der Waals surface area (Å²) in [5.74, 6) is 0. The molecule has 0 amide bonds. The lowest BCUT2D eigenvalue weighted by Crippen LogP contribution is -2.45. The van der Waals surface area contributed by atoms with E-state index in [9.17, 15) is 0 Å². The third-order valence-electron chi connectivity index (χ3n) is 3.01. The number of nitriles is 1. The van der Waals surface area contributed by atoms with E-state index in [-0.39, 0.29) is 0 Å². The van der Waals surface area contributed by atoms with Crippen molar-refractivity contribution in [2.24, 2.45) is 0 Å². The van der Waals surface area contributed by atoms with Crippen molar-refractivity contribution in [1.29, 1.82) is 5.26 Å². The van der Waals surface area contributed by atoms with E-state index in [2.05, 4.69) is 24.0 Å². The summed E-state index contributed by atoms with van der Waals surface area (Å²) in [6.45, 7) is 4.63. The first-order valence-corrected chi connectivity index (χ1v) is 5.69. The molecule has 1 aromatic rings. The molecule has 0 aromatic heterocycles. The minimum atomic E-state index is 0.433. The number of nitrogens with zero attached hydrogens (tertiary/aromatic N) is 2. The van der Waals surface area contributed by atoms with Gasteiger partial charge in [-0.2, -0.15) is 5.26 Å². The smallest absolute Gasteiger partial charge is 0.0992 e. The molecule has 84 valence electrons. The number of morpholine rings is 1. The summed E-state index contributed by atoms with van der Waals surface area (Å²) >= 11 is 0. The number of hydrogen-bond donors (Lipinski definition) is 0. The normalized spacial score (nSPS) is 20.5. The summed E-state index contributed by atoms with van der Waals surface area (Å²) in [5.41, 5.74) is 1.85. The van der Waals surface area contributed by atoms with Crippen LogP contribution in [0.2, 0.25) is 0 Å². The van der Waals surface area contributed by atoms with Gasteiger partial charge in [-0.25, -0.2) is 0 Å². The molecule has 0 radical (unpaired) electrons. The molecule has 1 heterocycles. The van der Waals surface area contributed by atoms with E-state index < -0.39 is 0 Å². The van der Waals surface area contributed by atoms with Crippen LogP contribution in [0, 0.1) is 11.3 Å². The Morgan fingerprint density at radius 1 is 1.56 bits per heavy atom. The number of anilines is 1. The van der Waals surface area contributed by atoms with Crippen LogP contribution in [0.4, 0.5) is 5.69 Å². The van der Waals surface area contributed by atoms with Crippen LogP contribution in [0.25, 0.3) is 0 Å². The van der Waals surface area contributed by atoms with Gasteiger partial charge in [0, 0.05) is 12.2 Å². The van der Waals surface area contributed by atoms with Crippen LogP contribution in [-0.2, 0) is 4.74 Å². The maximum Gasteiger partial charge on any atom is 0.0992 e. The summed E-state index contributed by atoms with van der Waals surface area (Å²) in [6.07, 6.45) is 1.07. The van der Waals surface area contributed by atoms with Crippen molar-refractivity contribution in [2.45, 2.75) is 19.4 Å². The molecule has 0 aliphatic carbocycles. The molecule has 0 bridgehead atoms. The molecule has 1 atom stereocenters. The molecule has 1 aliphatic rings. The number of benzene rings is 1. The van der Waals surface area contributed by atoms with Crippen molar-refractivity contribution in [3.63, 3.8) is 0 Å². The van der Waals surface area contributed by atoms with Gasteiger partial charge in [-0.3, -0.25) is 0 Å². The Hall–Kier alpha value is -1.53. The summed E-state index contributed by atoms with van der Waals surface area (Å²) in [6, 6.07) is 10.4. The molecule has 0 saturated carbocycles. The van der Waals surface area contributed by atoms with Crippen molar-refractivity contribution in [1.82, 2.24) is 0 Å². The molecule has 0 N–H and O–H groups in total. The van der Waals surface area contributed by atoms with Gasteiger partial charge in [0.25, 0.3) is 0 Å². The van der Waals surface area contributed by atoms with E-state index in [4.69, 9.17) is 10.00 Å². The molecular weight excluding hydrogens is 200 g/mol. The minimum absolute atomic E-state index is 0.433. The lowest BCUT2D eigenvalue weighted by Gasteiger charge is -2.37. The third-order valence-corrected chi connectivity index (χ3v) is 3.01. The highest BCUT2D eigenvalue weighted by atomic mass is 16.5. The predicted octanol–water partition coefficient (Wildman–Crippen LogP) is 2.17. The molecule has 1 saturated heterocycles. The highest BCUT2D eigenvalue weighted by molar-refractivity contribution is 5.52. The van der Waals surface area contributed by atoms with E-state index >= 15 is 0 Å². The van der Waals surface area contributed by atoms with Crippen LogP contribution in [0.3, 0.4) is 0 Å². The molecule has 0 spiro atoms. The fraction of sp³-hybridized carbons (Fsp3) is 0.462. The molecule has 16 heavy (non-hydrogen) atoms. The van der Waals surface area contributed by atoms with Crippen molar-refractivity contribution in [2.75, 3.05) is 24.7 Å². The fourth-order valence-corrected chi connectivity index (χ4v) is 2.09. The Kier molecular flexibility index (Phi) is 3.43. The second kappa shape index (κ2) is 5.00. The highest BCUT2D eigenvalue weighted by Crippen LogP contribution is 2.22. The van der Waals surface area contributed by atoms with Crippen molar-refractivity contribution < 1.29 is 4.74 Å². The minimum Gasteiger partial charge on any atom is -0.377 e. The van der Waals surface area contributed by atoms with Gasteiger partial charge in [0.15, 0.2) is 0 Å². The maximum atomic E-state index is 8.89. The molecule has 1 unspecified atom stereocenters. The summed E-state index contributed by atoms with van der Waals surface area (Å²) in [4.78, 5) is 2.34. The quantitative estimate of drug-likeness (QED) is 0.760. The van der Waals surface area contributed by atoms with Gasteiger partial charge in [0.1, 0.15) is 0 Å². The van der Waals surface area contributed by atoms with Gasteiger partial charge in [-0.15, -0.1) is 0 Å². The van der Waals surface area contributed by atoms with Crippen LogP contribution in [0.15, 0.2) is 24.3 Å². The largest absolute Gasteiger partial charge is 0.377 e. The van der Waals surface area contributed by atoms with Crippen LogP contribution < -0.4 is 4.90 Å². The average Bonchev–Trinajstić information content (AvgIpc) is 2.38. The first kappa shape index (κ1) is 11.0. The van der Waals surface area contributed by atoms with E-state index in [0.29, 0.717) is 6.04 Å². The van der Waals surface area contributed by atoms with E-state index in [0.717, 1.165) is 37.4 Å². The number of hydrogen-bond acceptors (Lipinski definition) is 3. The summed E-state index contributed by atoms with van der Waals surface area (Å²) < 4.78 is 5.47. The van der Waals surface area contributed by atoms with Crippen LogP contribution in [0.5, 0.6) is 0 Å². The van der Waals surface area contributed by atoms with Crippen LogP contribution in [0.1, 0.15) is 18.9 Å². The topological polar surface area (TPSA) is 36.3 Å². The summed E-state index contributed by atoms with van der Waals surface area (Å²) in [5, 5.41) is 8.89. The Morgan fingerprint density at radius 3 is 3.19 bits per heavy atom. The van der Waals surface area contributed by atoms with Crippen molar-refractivity contribution in [3.8, 4) is 6.07 Å². The lowest BCUT2D eigenvalue weighted by molar-refractivity contribution is 0.0930. The maximum absolute atomic E-state index is 8.89. The number of rotatable bonds is 2. The monoisotopic (exact) mass is 216 g/mol. The second-order valence-corrected chi connectivity index (χ2v) is 3.99. The van der Waals surface area contributed by atoms with E-state index in [1.165, 1.54) is 0 Å². The van der Waals surface area contributed by atoms with Gasteiger partial charge in [0.05, 0.1) is 30.9 Å². The molecule has 3 nitrogen and oxygen atoms in total. The predicted molar refractivity (Wildman–Crippen MR) is 63.4 cm³/mol. The Morgan fingerprint density at radius 2 is 2.44 bits per heavy atom. The lowest BCUT2D eigenvalue weighted by atomic mass is 10.1. The summed E-state index contributed by atoms with van der Waals surface area (Å²) in [7, 11) is 0. The number of ether oxygens (including phenoxy) is 1. The third kappa shape index (κ3) is 2.17. The first-order valence-electron chi connectivity index (χ1n) is 5.69. The molecule has 1 aromatic carbocycles. The zero-order valence-corrected chi connectivity index (χ0v) is 9.52. The average molecular weight is 216 g/mol. The Balaban J connectivity index is 2.24. The first-order chi connectivity index (χ1) is 7.85. The Bertz CT molecular complexity index is 397. The van der Waals surface area contributed by atoms with Gasteiger partial charge in [-0.1, -0.05) is 13.0 Å². The van der Waals surface area contributed by atoms with Crippen LogP contribution >= 0.6 is 0 Å². The van der Waals surface area contributed by atoms with Gasteiger partial charge >= 0.3 is 0 Å². The molecular formula is C13H16N2O. The van der Waals surface area contributed by atoms with Crippen molar-refractivity contribution >= 4 is 5.69 Å². The van der Waals surface area contributed by atoms with Crippen molar-refractivity contribution in [3.05, 3.63) is 29.8 Å². The molecule has 2 rings (SSSR count). The zero-order chi connectivity index (χ0) is 11.4. The van der Waals surface area contributed by atoms with Gasteiger partial charge in [-0.05, 0) is 24.6 Å². The van der Waals surface area contributed by atoms with Gasteiger partial charge < -0.3 is 9.64 Å². The SMILES string of the molecule is CCC1COCCN1c1cccc(C#N)c1. The zero-order valence-electron chi connectivity index (χ0n) is 9.52. The van der Waals surface area contributed by atoms with Crippen LogP contribution in [-0.4, -0.2) is 25.8 Å². The molecule has 1 aliphatic heterocycles. The highest BCUT2D eigenvalue weighted by Gasteiger charge is 2.21. The van der Waals surface area contributed by atoms with E-state index in [1.807, 2.05) is 18.2 Å².